The molecule has 2 aromatic rings. The summed E-state index contributed by atoms with van der Waals surface area (Å²) in [5, 5.41) is 3.46. The third kappa shape index (κ3) is 7.34. The lowest BCUT2D eigenvalue weighted by atomic mass is 10.1. The maximum atomic E-state index is 13.5. The molecule has 0 heterocycles. The number of aryl methyl sites for hydroxylation is 1. The summed E-state index contributed by atoms with van der Waals surface area (Å²) < 4.78 is 27.1. The van der Waals surface area contributed by atoms with E-state index in [1.165, 1.54) is 4.90 Å². The Hall–Kier alpha value is -1.81. The Balaban J connectivity index is 2.47. The van der Waals surface area contributed by atoms with Gasteiger partial charge in [0.1, 0.15) is 12.6 Å². The van der Waals surface area contributed by atoms with Crippen LogP contribution in [0.2, 0.25) is 10.0 Å². The molecule has 0 bridgehead atoms. The Morgan fingerprint density at radius 1 is 1.09 bits per heavy atom. The van der Waals surface area contributed by atoms with Crippen molar-refractivity contribution >= 4 is 66.7 Å². The number of hydrogen-bond acceptors (Lipinski definition) is 4. The van der Waals surface area contributed by atoms with Gasteiger partial charge in [0.05, 0.1) is 11.9 Å². The second-order valence-corrected chi connectivity index (χ2v) is 11.8. The van der Waals surface area contributed by atoms with Gasteiger partial charge in [-0.05, 0) is 63.6 Å². The fourth-order valence-electron chi connectivity index (χ4n) is 3.24. The molecule has 1 atom stereocenters. The number of benzene rings is 2. The molecule has 0 aliphatic carbocycles. The summed E-state index contributed by atoms with van der Waals surface area (Å²) >= 11 is 16.0. The topological polar surface area (TPSA) is 86.8 Å². The third-order valence-corrected chi connectivity index (χ3v) is 7.84. The zero-order chi connectivity index (χ0) is 25.8. The fourth-order valence-corrected chi connectivity index (χ4v) is 4.84. The summed E-state index contributed by atoms with van der Waals surface area (Å²) in [6.07, 6.45) is 1.03. The quantitative estimate of drug-likeness (QED) is 0.454. The normalized spacial score (nSPS) is 12.4. The number of nitrogens with one attached hydrogen (secondary N) is 1. The lowest BCUT2D eigenvalue weighted by molar-refractivity contribution is -0.139. The summed E-state index contributed by atoms with van der Waals surface area (Å²) in [6, 6.07) is 8.89. The Kier molecular flexibility index (Phi) is 9.82. The van der Waals surface area contributed by atoms with Crippen LogP contribution in [0.25, 0.3) is 0 Å². The van der Waals surface area contributed by atoms with E-state index in [9.17, 15) is 18.0 Å². The molecule has 1 N–H and O–H groups in total. The Morgan fingerprint density at radius 2 is 1.68 bits per heavy atom. The van der Waals surface area contributed by atoms with Crippen molar-refractivity contribution in [3.05, 3.63) is 62.0 Å². The lowest BCUT2D eigenvalue weighted by Crippen LogP contribution is -2.52. The first-order valence-electron chi connectivity index (χ1n) is 10.5. The summed E-state index contributed by atoms with van der Waals surface area (Å²) in [5.41, 5.74) is 1.61. The fraction of sp³-hybridized carbons (Fsp3) is 0.391. The SMILES string of the molecule is Cc1cc(N(CC(=O)N(Cc2c(Cl)cccc2Cl)[C@@H](C)C(=O)NC(C)C)S(C)(=O)=O)ccc1Br. The minimum atomic E-state index is -3.81. The van der Waals surface area contributed by atoms with Crippen LogP contribution in [0.3, 0.4) is 0 Å². The first-order chi connectivity index (χ1) is 15.7. The van der Waals surface area contributed by atoms with E-state index in [-0.39, 0.29) is 18.5 Å². The Morgan fingerprint density at radius 3 is 2.18 bits per heavy atom. The van der Waals surface area contributed by atoms with Gasteiger partial charge in [-0.15, -0.1) is 0 Å². The van der Waals surface area contributed by atoms with Crippen LogP contribution in [0.15, 0.2) is 40.9 Å². The number of rotatable bonds is 9. The van der Waals surface area contributed by atoms with E-state index in [1.807, 2.05) is 20.8 Å². The number of amides is 2. The van der Waals surface area contributed by atoms with Gasteiger partial charge in [-0.3, -0.25) is 13.9 Å². The molecule has 0 fully saturated rings. The van der Waals surface area contributed by atoms with Crippen molar-refractivity contribution in [1.29, 1.82) is 0 Å². The highest BCUT2D eigenvalue weighted by Crippen LogP contribution is 2.28. The van der Waals surface area contributed by atoms with E-state index >= 15 is 0 Å². The van der Waals surface area contributed by atoms with Crippen LogP contribution in [0, 0.1) is 6.92 Å². The van der Waals surface area contributed by atoms with Crippen molar-refractivity contribution in [1.82, 2.24) is 10.2 Å². The number of hydrogen-bond donors (Lipinski definition) is 1. The summed E-state index contributed by atoms with van der Waals surface area (Å²) in [6.45, 7) is 6.45. The van der Waals surface area contributed by atoms with Gasteiger partial charge in [0.25, 0.3) is 0 Å². The van der Waals surface area contributed by atoms with Gasteiger partial charge in [0.15, 0.2) is 0 Å². The zero-order valence-electron chi connectivity index (χ0n) is 19.6. The van der Waals surface area contributed by atoms with Crippen molar-refractivity contribution < 1.29 is 18.0 Å². The van der Waals surface area contributed by atoms with Crippen LogP contribution in [0.1, 0.15) is 31.9 Å². The van der Waals surface area contributed by atoms with E-state index in [0.29, 0.717) is 21.3 Å². The van der Waals surface area contributed by atoms with Gasteiger partial charge in [-0.25, -0.2) is 8.42 Å². The molecule has 0 aliphatic rings. The minimum Gasteiger partial charge on any atom is -0.352 e. The van der Waals surface area contributed by atoms with Crippen LogP contribution in [-0.4, -0.2) is 50.0 Å². The van der Waals surface area contributed by atoms with Crippen molar-refractivity contribution in [3.63, 3.8) is 0 Å². The van der Waals surface area contributed by atoms with E-state index in [1.54, 1.807) is 43.3 Å². The Labute approximate surface area is 219 Å². The lowest BCUT2D eigenvalue weighted by Gasteiger charge is -2.32. The number of halogens is 3. The molecule has 0 saturated heterocycles. The molecule has 34 heavy (non-hydrogen) atoms. The van der Waals surface area contributed by atoms with Gasteiger partial charge in [0.2, 0.25) is 21.8 Å². The molecule has 0 spiro atoms. The summed E-state index contributed by atoms with van der Waals surface area (Å²) in [7, 11) is -3.81. The Bertz CT molecular complexity index is 1150. The van der Waals surface area contributed by atoms with Gasteiger partial charge in [-0.2, -0.15) is 0 Å². The smallest absolute Gasteiger partial charge is 0.244 e. The van der Waals surface area contributed by atoms with Crippen LogP contribution >= 0.6 is 39.1 Å². The maximum absolute atomic E-state index is 13.5. The second kappa shape index (κ2) is 11.7. The molecule has 0 aliphatic heterocycles. The number of nitrogens with zero attached hydrogens (tertiary/aromatic N) is 2. The third-order valence-electron chi connectivity index (χ3n) is 5.10. The van der Waals surface area contributed by atoms with Gasteiger partial charge in [0, 0.05) is 32.7 Å². The molecule has 2 rings (SSSR count). The first kappa shape index (κ1) is 28.4. The molecule has 0 aromatic heterocycles. The molecule has 2 amide bonds. The number of anilines is 1. The van der Waals surface area contributed by atoms with Gasteiger partial charge in [-0.1, -0.05) is 45.2 Å². The molecular weight excluding hydrogens is 565 g/mol. The monoisotopic (exact) mass is 591 g/mol. The van der Waals surface area contributed by atoms with Crippen molar-refractivity contribution in [2.75, 3.05) is 17.1 Å². The molecule has 11 heteroatoms. The minimum absolute atomic E-state index is 0.0685. The second-order valence-electron chi connectivity index (χ2n) is 8.26. The highest BCUT2D eigenvalue weighted by atomic mass is 79.9. The number of carbonyl (C=O) groups is 2. The van der Waals surface area contributed by atoms with Gasteiger partial charge < -0.3 is 10.2 Å². The molecule has 7 nitrogen and oxygen atoms in total. The largest absolute Gasteiger partial charge is 0.352 e. The first-order valence-corrected chi connectivity index (χ1v) is 13.9. The van der Waals surface area contributed by atoms with E-state index in [4.69, 9.17) is 23.2 Å². The van der Waals surface area contributed by atoms with E-state index < -0.39 is 28.5 Å². The highest BCUT2D eigenvalue weighted by Gasteiger charge is 2.31. The van der Waals surface area contributed by atoms with Crippen molar-refractivity contribution in [3.8, 4) is 0 Å². The molecular formula is C23H28BrCl2N3O4S. The molecule has 2 aromatic carbocycles. The zero-order valence-corrected chi connectivity index (χ0v) is 23.5. The van der Waals surface area contributed by atoms with Crippen molar-refractivity contribution in [2.45, 2.75) is 46.3 Å². The standard InChI is InChI=1S/C23H28BrCl2N3O4S/c1-14(2)27-23(31)16(4)28(12-18-20(25)7-6-8-21(18)26)22(30)13-29(34(5,32)33)17-9-10-19(24)15(3)11-17/h6-11,14,16H,12-13H2,1-5H3,(H,27,31)/t16-/m0/s1. The predicted molar refractivity (Wildman–Crippen MR) is 141 cm³/mol. The number of carbonyl (C=O) groups excluding carboxylic acids is 2. The average molecular weight is 593 g/mol. The van der Waals surface area contributed by atoms with Crippen LogP contribution in [-0.2, 0) is 26.2 Å². The predicted octanol–water partition coefficient (Wildman–Crippen LogP) is 4.77. The van der Waals surface area contributed by atoms with Crippen LogP contribution in [0.5, 0.6) is 0 Å². The number of sulfonamides is 1. The average Bonchev–Trinajstić information content (AvgIpc) is 2.72. The van der Waals surface area contributed by atoms with E-state index in [0.717, 1.165) is 20.6 Å². The maximum Gasteiger partial charge on any atom is 0.244 e. The molecule has 0 radical (unpaired) electrons. The molecule has 0 saturated carbocycles. The highest BCUT2D eigenvalue weighted by molar-refractivity contribution is 9.10. The van der Waals surface area contributed by atoms with Crippen molar-refractivity contribution in [2.24, 2.45) is 0 Å². The van der Waals surface area contributed by atoms with E-state index in [2.05, 4.69) is 21.2 Å². The molecule has 186 valence electrons. The summed E-state index contributed by atoms with van der Waals surface area (Å²) in [5.74, 6) is -0.953. The van der Waals surface area contributed by atoms with Crippen LogP contribution < -0.4 is 9.62 Å². The summed E-state index contributed by atoms with van der Waals surface area (Å²) in [4.78, 5) is 27.6. The van der Waals surface area contributed by atoms with Gasteiger partial charge >= 0.3 is 0 Å². The van der Waals surface area contributed by atoms with Crippen LogP contribution in [0.4, 0.5) is 5.69 Å². The molecule has 0 unspecified atom stereocenters.